The van der Waals surface area contributed by atoms with Crippen LogP contribution in [-0.4, -0.2) is 46.5 Å². The first kappa shape index (κ1) is 14.9. The van der Waals surface area contributed by atoms with Crippen molar-refractivity contribution in [2.75, 3.05) is 32.8 Å². The summed E-state index contributed by atoms with van der Waals surface area (Å²) in [6.45, 7) is 7.37. The van der Waals surface area contributed by atoms with Crippen LogP contribution >= 0.6 is 0 Å². The van der Waals surface area contributed by atoms with Gasteiger partial charge in [0.05, 0.1) is 5.25 Å². The first-order valence-electron chi connectivity index (χ1n) is 6.29. The minimum atomic E-state index is -3.13. The first-order chi connectivity index (χ1) is 8.02. The quantitative estimate of drug-likeness (QED) is 0.620. The second-order valence-electron chi connectivity index (χ2n) is 4.88. The summed E-state index contributed by atoms with van der Waals surface area (Å²) >= 11 is 0. The molecule has 0 aromatic heterocycles. The van der Waals surface area contributed by atoms with Gasteiger partial charge < -0.3 is 10.1 Å². The summed E-state index contributed by atoms with van der Waals surface area (Å²) < 4.78 is 31.6. The van der Waals surface area contributed by atoms with E-state index >= 15 is 0 Å². The molecule has 0 amide bonds. The van der Waals surface area contributed by atoms with Crippen LogP contribution < -0.4 is 10.0 Å². The Hall–Kier alpha value is -0.170. The summed E-state index contributed by atoms with van der Waals surface area (Å²) in [6.07, 6.45) is 1.44. The zero-order valence-electron chi connectivity index (χ0n) is 10.7. The van der Waals surface area contributed by atoms with Gasteiger partial charge in [0, 0.05) is 26.3 Å². The van der Waals surface area contributed by atoms with Gasteiger partial charge in [-0.05, 0) is 25.3 Å². The Labute approximate surface area is 104 Å². The van der Waals surface area contributed by atoms with Gasteiger partial charge in [-0.1, -0.05) is 13.8 Å². The van der Waals surface area contributed by atoms with Crippen molar-refractivity contribution in [2.24, 2.45) is 5.92 Å². The maximum Gasteiger partial charge on any atom is 0.215 e. The number of hydrogen-bond acceptors (Lipinski definition) is 4. The molecule has 1 saturated heterocycles. The van der Waals surface area contributed by atoms with Gasteiger partial charge in [-0.25, -0.2) is 13.1 Å². The van der Waals surface area contributed by atoms with Crippen LogP contribution in [0.2, 0.25) is 0 Å². The van der Waals surface area contributed by atoms with Crippen molar-refractivity contribution >= 4 is 10.0 Å². The van der Waals surface area contributed by atoms with Crippen LogP contribution in [0, 0.1) is 5.92 Å². The Morgan fingerprint density at radius 1 is 1.47 bits per heavy atom. The normalized spacial score (nSPS) is 21.2. The molecule has 102 valence electrons. The summed E-state index contributed by atoms with van der Waals surface area (Å²) in [7, 11) is -3.13. The SMILES string of the molecule is CC(C)COCCCNS(=O)(=O)C1CCNC1. The van der Waals surface area contributed by atoms with Gasteiger partial charge in [-0.2, -0.15) is 0 Å². The van der Waals surface area contributed by atoms with Gasteiger partial charge >= 0.3 is 0 Å². The molecule has 0 radical (unpaired) electrons. The van der Waals surface area contributed by atoms with Gasteiger partial charge in [0.25, 0.3) is 0 Å². The molecule has 1 unspecified atom stereocenters. The van der Waals surface area contributed by atoms with E-state index in [0.29, 0.717) is 32.0 Å². The van der Waals surface area contributed by atoms with E-state index in [0.717, 1.165) is 19.6 Å². The highest BCUT2D eigenvalue weighted by Crippen LogP contribution is 2.07. The van der Waals surface area contributed by atoms with Crippen molar-refractivity contribution in [3.63, 3.8) is 0 Å². The van der Waals surface area contributed by atoms with Crippen LogP contribution in [0.15, 0.2) is 0 Å². The highest BCUT2D eigenvalue weighted by Gasteiger charge is 2.27. The van der Waals surface area contributed by atoms with Crippen molar-refractivity contribution in [3.05, 3.63) is 0 Å². The molecule has 1 atom stereocenters. The van der Waals surface area contributed by atoms with Gasteiger partial charge in [0.15, 0.2) is 0 Å². The van der Waals surface area contributed by atoms with Crippen LogP contribution in [0.25, 0.3) is 0 Å². The minimum Gasteiger partial charge on any atom is -0.381 e. The smallest absolute Gasteiger partial charge is 0.215 e. The van der Waals surface area contributed by atoms with Crippen LogP contribution in [0.3, 0.4) is 0 Å². The number of nitrogens with one attached hydrogen (secondary N) is 2. The fourth-order valence-electron chi connectivity index (χ4n) is 1.72. The molecule has 0 saturated carbocycles. The number of sulfonamides is 1. The lowest BCUT2D eigenvalue weighted by molar-refractivity contribution is 0.108. The van der Waals surface area contributed by atoms with E-state index in [9.17, 15) is 8.42 Å². The van der Waals surface area contributed by atoms with E-state index in [-0.39, 0.29) is 5.25 Å². The van der Waals surface area contributed by atoms with E-state index < -0.39 is 10.0 Å². The molecule has 0 spiro atoms. The molecule has 0 aromatic carbocycles. The van der Waals surface area contributed by atoms with Crippen molar-refractivity contribution in [1.82, 2.24) is 10.0 Å². The molecule has 6 heteroatoms. The lowest BCUT2D eigenvalue weighted by Crippen LogP contribution is -2.36. The number of ether oxygens (including phenoxy) is 1. The van der Waals surface area contributed by atoms with Gasteiger partial charge in [-0.15, -0.1) is 0 Å². The fourth-order valence-corrected chi connectivity index (χ4v) is 3.15. The molecular formula is C11H24N2O3S. The molecule has 17 heavy (non-hydrogen) atoms. The van der Waals surface area contributed by atoms with Crippen LogP contribution in [0.5, 0.6) is 0 Å². The van der Waals surface area contributed by atoms with Crippen LogP contribution in [0.4, 0.5) is 0 Å². The summed E-state index contributed by atoms with van der Waals surface area (Å²) in [5, 5.41) is 2.79. The van der Waals surface area contributed by atoms with E-state index in [1.807, 2.05) is 0 Å². The maximum atomic E-state index is 11.8. The van der Waals surface area contributed by atoms with Crippen molar-refractivity contribution in [2.45, 2.75) is 31.9 Å². The predicted octanol–water partition coefficient (Wildman–Crippen LogP) is 0.330. The Kier molecular flexibility index (Phi) is 6.40. The summed E-state index contributed by atoms with van der Waals surface area (Å²) in [6, 6.07) is 0. The lowest BCUT2D eigenvalue weighted by atomic mass is 10.2. The summed E-state index contributed by atoms with van der Waals surface area (Å²) in [5.74, 6) is 0.524. The molecule has 1 rings (SSSR count). The molecular weight excluding hydrogens is 240 g/mol. The van der Waals surface area contributed by atoms with Gasteiger partial charge in [0.1, 0.15) is 0 Å². The predicted molar refractivity (Wildman–Crippen MR) is 68.5 cm³/mol. The van der Waals surface area contributed by atoms with E-state index in [2.05, 4.69) is 23.9 Å². The monoisotopic (exact) mass is 264 g/mol. The highest BCUT2D eigenvalue weighted by molar-refractivity contribution is 7.90. The van der Waals surface area contributed by atoms with E-state index in [4.69, 9.17) is 4.74 Å². The number of hydrogen-bond donors (Lipinski definition) is 2. The third kappa shape index (κ3) is 5.81. The van der Waals surface area contributed by atoms with Crippen molar-refractivity contribution in [1.29, 1.82) is 0 Å². The lowest BCUT2D eigenvalue weighted by Gasteiger charge is -2.12. The zero-order valence-corrected chi connectivity index (χ0v) is 11.6. The molecule has 5 nitrogen and oxygen atoms in total. The van der Waals surface area contributed by atoms with Crippen molar-refractivity contribution in [3.8, 4) is 0 Å². The molecule has 2 N–H and O–H groups in total. The fraction of sp³-hybridized carbons (Fsp3) is 1.00. The molecule has 1 fully saturated rings. The number of rotatable bonds is 8. The van der Waals surface area contributed by atoms with E-state index in [1.165, 1.54) is 0 Å². The molecule has 0 aliphatic carbocycles. The molecule has 1 heterocycles. The Morgan fingerprint density at radius 3 is 2.82 bits per heavy atom. The average molecular weight is 264 g/mol. The standard InChI is InChI=1S/C11H24N2O3S/c1-10(2)9-16-7-3-5-13-17(14,15)11-4-6-12-8-11/h10-13H,3-9H2,1-2H3. The maximum absolute atomic E-state index is 11.8. The average Bonchev–Trinajstić information content (AvgIpc) is 2.76. The molecule has 0 aromatic rings. The van der Waals surface area contributed by atoms with Gasteiger partial charge in [0.2, 0.25) is 10.0 Å². The summed E-state index contributed by atoms with van der Waals surface area (Å²) in [4.78, 5) is 0. The second kappa shape index (κ2) is 7.31. The Morgan fingerprint density at radius 2 is 2.24 bits per heavy atom. The largest absolute Gasteiger partial charge is 0.381 e. The molecule has 0 bridgehead atoms. The zero-order chi connectivity index (χ0) is 12.7. The summed E-state index contributed by atoms with van der Waals surface area (Å²) in [5.41, 5.74) is 0. The Bertz CT molecular complexity index is 298. The third-order valence-electron chi connectivity index (χ3n) is 2.67. The minimum absolute atomic E-state index is 0.265. The second-order valence-corrected chi connectivity index (χ2v) is 6.92. The van der Waals surface area contributed by atoms with Crippen molar-refractivity contribution < 1.29 is 13.2 Å². The van der Waals surface area contributed by atoms with E-state index in [1.54, 1.807) is 0 Å². The third-order valence-corrected chi connectivity index (χ3v) is 4.56. The van der Waals surface area contributed by atoms with Crippen LogP contribution in [-0.2, 0) is 14.8 Å². The van der Waals surface area contributed by atoms with Gasteiger partial charge in [-0.3, -0.25) is 0 Å². The topological polar surface area (TPSA) is 67.4 Å². The Balaban J connectivity index is 2.09. The van der Waals surface area contributed by atoms with Crippen LogP contribution in [0.1, 0.15) is 26.7 Å². The first-order valence-corrected chi connectivity index (χ1v) is 7.84. The molecule has 1 aliphatic heterocycles. The molecule has 1 aliphatic rings. The highest BCUT2D eigenvalue weighted by atomic mass is 32.2.